The molecule has 1 heterocycles. The van der Waals surface area contributed by atoms with Crippen LogP contribution in [0.5, 0.6) is 0 Å². The summed E-state index contributed by atoms with van der Waals surface area (Å²) in [6, 6.07) is 0. The van der Waals surface area contributed by atoms with Gasteiger partial charge in [0.25, 0.3) is 6.21 Å². The topological polar surface area (TPSA) is 26.1 Å². The van der Waals surface area contributed by atoms with Gasteiger partial charge in [-0.1, -0.05) is 0 Å². The third kappa shape index (κ3) is 0.407. The minimum absolute atomic E-state index is 1.11. The van der Waals surface area contributed by atoms with Gasteiger partial charge >= 0.3 is 0 Å². The lowest BCUT2D eigenvalue weighted by Crippen LogP contribution is -2.06. The molecule has 1 radical (unpaired) electrons. The van der Waals surface area contributed by atoms with E-state index in [4.69, 9.17) is 0 Å². The van der Waals surface area contributed by atoms with E-state index in [-0.39, 0.29) is 0 Å². The Balaban J connectivity index is 2.61. The van der Waals surface area contributed by atoms with Crippen molar-refractivity contribution in [3.63, 3.8) is 0 Å². The number of hydrogen-bond acceptors (Lipinski definition) is 2. The maximum Gasteiger partial charge on any atom is 0.277 e. The van der Waals surface area contributed by atoms with Crippen molar-refractivity contribution in [3.05, 3.63) is 11.8 Å². The summed E-state index contributed by atoms with van der Waals surface area (Å²) in [4.78, 5) is 0. The molecule has 0 saturated carbocycles. The fraction of sp³-hybridized carbons (Fsp3) is 0.250. The first kappa shape index (κ1) is 3.40. The summed E-state index contributed by atoms with van der Waals surface area (Å²) >= 11 is 0. The monoisotopic (exact) mass is 82.1 g/mol. The highest BCUT2D eigenvalue weighted by Gasteiger charge is 1.98. The van der Waals surface area contributed by atoms with E-state index >= 15 is 0 Å². The van der Waals surface area contributed by atoms with Gasteiger partial charge in [0.05, 0.1) is 5.70 Å². The molecule has 2 nitrogen and oxygen atoms in total. The van der Waals surface area contributed by atoms with Crippen LogP contribution in [0.1, 0.15) is 6.92 Å². The van der Waals surface area contributed by atoms with Gasteiger partial charge in [0.2, 0.25) is 0 Å². The van der Waals surface area contributed by atoms with Gasteiger partial charge in [-0.2, -0.15) is 0 Å². The van der Waals surface area contributed by atoms with Crippen molar-refractivity contribution in [3.8, 4) is 0 Å². The second-order valence-corrected chi connectivity index (χ2v) is 1.24. The van der Waals surface area contributed by atoms with Crippen LogP contribution in [0.15, 0.2) is 11.8 Å². The van der Waals surface area contributed by atoms with Crippen LogP contribution in [0.2, 0.25) is 0 Å². The first-order valence-corrected chi connectivity index (χ1v) is 1.85. The summed E-state index contributed by atoms with van der Waals surface area (Å²) in [5.41, 5.74) is 3.86. The number of nitrogens with zero attached hydrogens (tertiary/aromatic N) is 1. The van der Waals surface area contributed by atoms with E-state index in [9.17, 15) is 0 Å². The van der Waals surface area contributed by atoms with E-state index in [1.54, 1.807) is 6.21 Å². The molecule has 31 valence electrons. The van der Waals surface area contributed by atoms with Crippen LogP contribution in [0.25, 0.3) is 0 Å². The molecule has 2 heteroatoms. The Morgan fingerprint density at radius 2 is 2.67 bits per heavy atom. The van der Waals surface area contributed by atoms with Gasteiger partial charge in [0, 0.05) is 6.08 Å². The lowest BCUT2D eigenvalue weighted by Gasteiger charge is -1.72. The summed E-state index contributed by atoms with van der Waals surface area (Å²) in [5, 5.41) is 3.70. The molecular formula is C4H6N2+. The molecule has 0 spiro atoms. The van der Waals surface area contributed by atoms with Gasteiger partial charge in [-0.25, -0.2) is 0 Å². The third-order valence-corrected chi connectivity index (χ3v) is 0.640. The van der Waals surface area contributed by atoms with Crippen LogP contribution < -0.4 is 10.5 Å². The van der Waals surface area contributed by atoms with Gasteiger partial charge in [-0.05, 0) is 6.92 Å². The summed E-state index contributed by atoms with van der Waals surface area (Å²) < 4.78 is 0. The van der Waals surface area contributed by atoms with Crippen LogP contribution in [-0.4, -0.2) is 6.21 Å². The molecule has 1 aliphatic heterocycles. The predicted molar refractivity (Wildman–Crippen MR) is 25.1 cm³/mol. The van der Waals surface area contributed by atoms with Gasteiger partial charge in [0.15, 0.2) is 5.10 Å². The lowest BCUT2D eigenvalue weighted by atomic mass is 10.5. The van der Waals surface area contributed by atoms with Crippen molar-refractivity contribution < 1.29 is 0 Å². The maximum atomic E-state index is 3.70. The van der Waals surface area contributed by atoms with Crippen molar-refractivity contribution in [2.45, 2.75) is 6.92 Å². The van der Waals surface area contributed by atoms with E-state index in [1.165, 1.54) is 0 Å². The molecule has 0 amide bonds. The Kier molecular flexibility index (Phi) is 0.638. The van der Waals surface area contributed by atoms with Crippen LogP contribution >= 0.6 is 0 Å². The number of allylic oxidation sites excluding steroid dienone is 2. The average molecular weight is 82.1 g/mol. The third-order valence-electron chi connectivity index (χ3n) is 0.640. The fourth-order valence-electron chi connectivity index (χ4n) is 0.325. The zero-order valence-corrected chi connectivity index (χ0v) is 3.60. The van der Waals surface area contributed by atoms with Crippen molar-refractivity contribution in [1.82, 2.24) is 10.5 Å². The number of hydrogen-bond donors (Lipinski definition) is 1. The van der Waals surface area contributed by atoms with Gasteiger partial charge in [-0.3, -0.25) is 0 Å². The van der Waals surface area contributed by atoms with Crippen molar-refractivity contribution in [2.24, 2.45) is 0 Å². The molecule has 0 aromatic heterocycles. The zero-order chi connectivity index (χ0) is 4.41. The molecule has 0 aliphatic carbocycles. The fourth-order valence-corrected chi connectivity index (χ4v) is 0.325. The predicted octanol–water partition coefficient (Wildman–Crippen LogP) is -0.185. The minimum Gasteiger partial charge on any atom is -0.105 e. The van der Waals surface area contributed by atoms with Crippen LogP contribution in [-0.2, 0) is 0 Å². The van der Waals surface area contributed by atoms with Crippen molar-refractivity contribution >= 4 is 6.21 Å². The average Bonchev–Trinajstić information content (AvgIpc) is 1.86. The Morgan fingerprint density at radius 1 is 1.83 bits per heavy atom. The molecule has 0 aromatic rings. The Morgan fingerprint density at radius 3 is 2.83 bits per heavy atom. The molecule has 0 atom stereocenters. The molecule has 0 bridgehead atoms. The molecule has 1 rings (SSSR count). The quantitative estimate of drug-likeness (QED) is 0.431. The minimum atomic E-state index is 1.11. The smallest absolute Gasteiger partial charge is 0.105 e. The van der Waals surface area contributed by atoms with E-state index in [0.717, 1.165) is 5.70 Å². The summed E-state index contributed by atoms with van der Waals surface area (Å²) in [7, 11) is 0. The van der Waals surface area contributed by atoms with Crippen LogP contribution in [0, 0.1) is 0 Å². The van der Waals surface area contributed by atoms with E-state index < -0.39 is 0 Å². The molecule has 6 heavy (non-hydrogen) atoms. The maximum absolute atomic E-state index is 3.70. The summed E-state index contributed by atoms with van der Waals surface area (Å²) in [6.45, 7) is 1.97. The molecular weight excluding hydrogens is 76.1 g/mol. The van der Waals surface area contributed by atoms with Crippen molar-refractivity contribution in [2.75, 3.05) is 0 Å². The number of nitrogens with one attached hydrogen (secondary N) is 1. The van der Waals surface area contributed by atoms with Gasteiger partial charge in [-0.15, -0.1) is 5.43 Å². The molecule has 0 aromatic carbocycles. The Bertz CT molecular complexity index is 102. The molecule has 0 saturated heterocycles. The molecule has 0 fully saturated rings. The summed E-state index contributed by atoms with van der Waals surface area (Å²) in [6.07, 6.45) is 3.65. The van der Waals surface area contributed by atoms with E-state index in [0.29, 0.717) is 0 Å². The van der Waals surface area contributed by atoms with E-state index in [2.05, 4.69) is 10.5 Å². The Labute approximate surface area is 36.6 Å². The second kappa shape index (κ2) is 1.12. The highest BCUT2D eigenvalue weighted by molar-refractivity contribution is 5.72. The molecule has 0 unspecified atom stereocenters. The number of hydrazone groups is 1. The van der Waals surface area contributed by atoms with Gasteiger partial charge in [0.1, 0.15) is 0 Å². The van der Waals surface area contributed by atoms with Crippen LogP contribution in [0.4, 0.5) is 0 Å². The SMILES string of the molecule is CC1=CC=[N+]N1. The second-order valence-electron chi connectivity index (χ2n) is 1.24. The molecule has 1 aliphatic rings. The molecule has 1 N–H and O–H groups in total. The first-order valence-electron chi connectivity index (χ1n) is 1.85. The Hall–Kier alpha value is -0.790. The largest absolute Gasteiger partial charge is 0.277 e. The highest BCUT2D eigenvalue weighted by Crippen LogP contribution is 1.81. The van der Waals surface area contributed by atoms with Crippen LogP contribution in [0.3, 0.4) is 0 Å². The standard InChI is InChI=1S/C4H6N2/c1-4-2-3-5-6-4/h2-3,6H,1H3/q+1. The number of rotatable bonds is 0. The van der Waals surface area contributed by atoms with Crippen molar-refractivity contribution in [1.29, 1.82) is 0 Å². The van der Waals surface area contributed by atoms with E-state index in [1.807, 2.05) is 13.0 Å². The first-order chi connectivity index (χ1) is 2.89. The lowest BCUT2D eigenvalue weighted by molar-refractivity contribution is 0.831. The zero-order valence-electron chi connectivity index (χ0n) is 3.60. The van der Waals surface area contributed by atoms with Gasteiger partial charge < -0.3 is 0 Å². The normalized spacial score (nSPS) is 17.2. The highest BCUT2D eigenvalue weighted by atomic mass is 15.3. The summed E-state index contributed by atoms with van der Waals surface area (Å²) in [5.74, 6) is 0.